The Morgan fingerprint density at radius 3 is 2.26 bits per heavy atom. The van der Waals surface area contributed by atoms with Gasteiger partial charge in [0.15, 0.2) is 6.61 Å². The first-order valence-electron chi connectivity index (χ1n) is 9.13. The maximum atomic E-state index is 12.6. The van der Waals surface area contributed by atoms with E-state index in [1.807, 2.05) is 12.1 Å². The molecule has 2 rings (SSSR count). The highest BCUT2D eigenvalue weighted by molar-refractivity contribution is 5.76. The van der Waals surface area contributed by atoms with Crippen molar-refractivity contribution in [3.8, 4) is 5.75 Å². The van der Waals surface area contributed by atoms with Crippen molar-refractivity contribution >= 4 is 11.9 Å². The topological polar surface area (TPSA) is 66.8 Å². The molecule has 0 aliphatic heterocycles. The summed E-state index contributed by atoms with van der Waals surface area (Å²) >= 11 is 0. The van der Waals surface area contributed by atoms with Crippen molar-refractivity contribution in [1.29, 1.82) is 0 Å². The Hall–Kier alpha value is -2.82. The van der Waals surface area contributed by atoms with E-state index in [9.17, 15) is 9.59 Å². The molecule has 0 aliphatic carbocycles. The number of hydrogen-bond donors (Lipinski definition) is 1. The maximum Gasteiger partial charge on any atom is 0.341 e. The minimum absolute atomic E-state index is 0.105. The number of amides is 1. The first kappa shape index (κ1) is 20.5. The number of aryl methyl sites for hydroxylation is 1. The lowest BCUT2D eigenvalue weighted by Crippen LogP contribution is -2.27. The molecule has 0 saturated carbocycles. The maximum absolute atomic E-state index is 12.6. The third kappa shape index (κ3) is 6.44. The molecule has 0 bridgehead atoms. The predicted octanol–water partition coefficient (Wildman–Crippen LogP) is 4.00. The van der Waals surface area contributed by atoms with E-state index in [0.29, 0.717) is 18.7 Å². The quantitative estimate of drug-likeness (QED) is 0.725. The van der Waals surface area contributed by atoms with Crippen molar-refractivity contribution in [3.63, 3.8) is 0 Å². The van der Waals surface area contributed by atoms with Crippen molar-refractivity contribution in [2.24, 2.45) is 0 Å². The normalized spacial score (nSPS) is 11.7. The Labute approximate surface area is 160 Å². The Balaban J connectivity index is 1.92. The molecule has 5 nitrogen and oxygen atoms in total. The van der Waals surface area contributed by atoms with Gasteiger partial charge in [-0.05, 0) is 42.5 Å². The smallest absolute Gasteiger partial charge is 0.341 e. The van der Waals surface area contributed by atoms with Gasteiger partial charge >= 0.3 is 5.97 Å². The molecule has 0 heterocycles. The van der Waals surface area contributed by atoms with Crippen LogP contribution in [0.2, 0.25) is 0 Å². The van der Waals surface area contributed by atoms with Gasteiger partial charge in [-0.3, -0.25) is 4.79 Å². The van der Waals surface area contributed by atoms with Crippen LogP contribution in [-0.4, -0.2) is 35.5 Å². The average molecular weight is 369 g/mol. The van der Waals surface area contributed by atoms with Crippen molar-refractivity contribution in [2.45, 2.75) is 39.2 Å². The minimum atomic E-state index is -1.01. The largest absolute Gasteiger partial charge is 0.482 e. The molecule has 144 valence electrons. The zero-order valence-corrected chi connectivity index (χ0v) is 16.1. The molecule has 5 heteroatoms. The van der Waals surface area contributed by atoms with Crippen molar-refractivity contribution in [3.05, 3.63) is 65.2 Å². The summed E-state index contributed by atoms with van der Waals surface area (Å²) < 4.78 is 5.12. The molecule has 0 aliphatic rings. The van der Waals surface area contributed by atoms with E-state index in [1.165, 1.54) is 11.1 Å². The van der Waals surface area contributed by atoms with E-state index >= 15 is 0 Å². The van der Waals surface area contributed by atoms with E-state index in [1.54, 1.807) is 24.1 Å². The second kappa shape index (κ2) is 9.76. The fraction of sp³-hybridized carbons (Fsp3) is 0.364. The van der Waals surface area contributed by atoms with Gasteiger partial charge in [-0.15, -0.1) is 0 Å². The SMILES string of the molecule is CCC(CC(=O)N(C)Cc1ccc(OCC(=O)O)cc1)c1ccc(C)cc1. The lowest BCUT2D eigenvalue weighted by Gasteiger charge is -2.21. The molecule has 0 radical (unpaired) electrons. The van der Waals surface area contributed by atoms with E-state index in [-0.39, 0.29) is 18.4 Å². The van der Waals surface area contributed by atoms with Gasteiger partial charge in [-0.25, -0.2) is 4.79 Å². The van der Waals surface area contributed by atoms with Gasteiger partial charge in [0.2, 0.25) is 5.91 Å². The number of aliphatic carboxylic acids is 1. The number of carboxylic acid groups (broad SMARTS) is 1. The van der Waals surface area contributed by atoms with Crippen LogP contribution in [0.25, 0.3) is 0 Å². The molecule has 0 fully saturated rings. The summed E-state index contributed by atoms with van der Waals surface area (Å²) in [6, 6.07) is 15.5. The van der Waals surface area contributed by atoms with Gasteiger partial charge in [0, 0.05) is 20.0 Å². The van der Waals surface area contributed by atoms with E-state index in [0.717, 1.165) is 12.0 Å². The molecule has 0 spiro atoms. The average Bonchev–Trinajstić information content (AvgIpc) is 2.66. The number of ether oxygens (including phenoxy) is 1. The Kier molecular flexibility index (Phi) is 7.41. The first-order valence-corrected chi connectivity index (χ1v) is 9.13. The van der Waals surface area contributed by atoms with Crippen LogP contribution in [0.5, 0.6) is 5.75 Å². The van der Waals surface area contributed by atoms with E-state index in [4.69, 9.17) is 9.84 Å². The fourth-order valence-corrected chi connectivity index (χ4v) is 2.90. The molecule has 1 atom stereocenters. The summed E-state index contributed by atoms with van der Waals surface area (Å²) in [5.74, 6) is -0.190. The van der Waals surface area contributed by atoms with Crippen LogP contribution in [0, 0.1) is 6.92 Å². The van der Waals surface area contributed by atoms with Crippen LogP contribution >= 0.6 is 0 Å². The van der Waals surface area contributed by atoms with Crippen molar-refractivity contribution in [2.75, 3.05) is 13.7 Å². The molecule has 0 aromatic heterocycles. The van der Waals surface area contributed by atoms with E-state index < -0.39 is 5.97 Å². The third-order valence-electron chi connectivity index (χ3n) is 4.59. The van der Waals surface area contributed by atoms with Gasteiger partial charge in [-0.1, -0.05) is 48.9 Å². The molecule has 2 aromatic rings. The number of carboxylic acids is 1. The number of nitrogens with zero attached hydrogens (tertiary/aromatic N) is 1. The summed E-state index contributed by atoms with van der Waals surface area (Å²) in [7, 11) is 1.80. The third-order valence-corrected chi connectivity index (χ3v) is 4.59. The number of carbonyl (C=O) groups is 2. The lowest BCUT2D eigenvalue weighted by atomic mass is 9.92. The molecule has 1 amide bonds. The monoisotopic (exact) mass is 369 g/mol. The van der Waals surface area contributed by atoms with Gasteiger partial charge < -0.3 is 14.7 Å². The summed E-state index contributed by atoms with van der Waals surface area (Å²) in [6.45, 7) is 4.30. The van der Waals surface area contributed by atoms with Crippen LogP contribution in [-0.2, 0) is 16.1 Å². The molecular formula is C22H27NO4. The molecule has 0 saturated heterocycles. The Morgan fingerprint density at radius 2 is 1.70 bits per heavy atom. The van der Waals surface area contributed by atoms with E-state index in [2.05, 4.69) is 38.1 Å². The zero-order chi connectivity index (χ0) is 19.8. The molecule has 2 aromatic carbocycles. The highest BCUT2D eigenvalue weighted by atomic mass is 16.5. The Bertz CT molecular complexity index is 753. The van der Waals surface area contributed by atoms with Crippen LogP contribution in [0.4, 0.5) is 0 Å². The van der Waals surface area contributed by atoms with Crippen LogP contribution < -0.4 is 4.74 Å². The summed E-state index contributed by atoms with van der Waals surface area (Å²) in [5.41, 5.74) is 3.38. The summed E-state index contributed by atoms with van der Waals surface area (Å²) in [5, 5.41) is 8.63. The van der Waals surface area contributed by atoms with Gasteiger partial charge in [0.25, 0.3) is 0 Å². The Morgan fingerprint density at radius 1 is 1.07 bits per heavy atom. The standard InChI is InChI=1S/C22H27NO4/c1-4-18(19-9-5-16(2)6-10-19)13-21(24)23(3)14-17-7-11-20(12-8-17)27-15-22(25)26/h5-12,18H,4,13-15H2,1-3H3,(H,25,26). The molecule has 27 heavy (non-hydrogen) atoms. The van der Waals surface area contributed by atoms with Crippen molar-refractivity contribution < 1.29 is 19.4 Å². The van der Waals surface area contributed by atoms with Crippen LogP contribution in [0.3, 0.4) is 0 Å². The summed E-state index contributed by atoms with van der Waals surface area (Å²) in [4.78, 5) is 24.9. The number of benzene rings is 2. The van der Waals surface area contributed by atoms with Gasteiger partial charge in [0.05, 0.1) is 0 Å². The second-order valence-electron chi connectivity index (χ2n) is 6.80. The number of rotatable bonds is 9. The number of hydrogen-bond acceptors (Lipinski definition) is 3. The highest BCUT2D eigenvalue weighted by Crippen LogP contribution is 2.24. The van der Waals surface area contributed by atoms with Crippen molar-refractivity contribution in [1.82, 2.24) is 4.90 Å². The number of carbonyl (C=O) groups excluding carboxylic acids is 1. The highest BCUT2D eigenvalue weighted by Gasteiger charge is 2.17. The summed E-state index contributed by atoms with van der Waals surface area (Å²) in [6.07, 6.45) is 1.40. The lowest BCUT2D eigenvalue weighted by molar-refractivity contribution is -0.139. The molecule has 1 unspecified atom stereocenters. The first-order chi connectivity index (χ1) is 12.9. The predicted molar refractivity (Wildman–Crippen MR) is 105 cm³/mol. The van der Waals surface area contributed by atoms with Gasteiger partial charge in [-0.2, -0.15) is 0 Å². The van der Waals surface area contributed by atoms with Crippen LogP contribution in [0.15, 0.2) is 48.5 Å². The second-order valence-corrected chi connectivity index (χ2v) is 6.80. The zero-order valence-electron chi connectivity index (χ0n) is 16.1. The van der Waals surface area contributed by atoms with Crippen LogP contribution in [0.1, 0.15) is 42.4 Å². The molecule has 1 N–H and O–H groups in total. The molecular weight excluding hydrogens is 342 g/mol. The fourth-order valence-electron chi connectivity index (χ4n) is 2.90. The minimum Gasteiger partial charge on any atom is -0.482 e. The van der Waals surface area contributed by atoms with Gasteiger partial charge in [0.1, 0.15) is 5.75 Å².